The van der Waals surface area contributed by atoms with E-state index in [2.05, 4.69) is 116 Å². The van der Waals surface area contributed by atoms with Gasteiger partial charge in [0, 0.05) is 26.4 Å². The van der Waals surface area contributed by atoms with Crippen LogP contribution in [0.25, 0.3) is 0 Å². The molecule has 0 radical (unpaired) electrons. The van der Waals surface area contributed by atoms with Crippen LogP contribution in [-0.4, -0.2) is 67.7 Å². The third kappa shape index (κ3) is 6.59. The molecule has 32 heavy (non-hydrogen) atoms. The van der Waals surface area contributed by atoms with Crippen molar-refractivity contribution in [3.63, 3.8) is 0 Å². The third-order valence-electron chi connectivity index (χ3n) is 7.23. The zero-order valence-corrected chi connectivity index (χ0v) is 29.3. The normalized spacial score (nSPS) is 14.8. The van der Waals surface area contributed by atoms with Crippen molar-refractivity contribution < 1.29 is 17.7 Å². The Hall–Kier alpha value is 1.41. The average molecular weight is 559 g/mol. The van der Waals surface area contributed by atoms with E-state index in [9.17, 15) is 0 Å². The van der Waals surface area contributed by atoms with Gasteiger partial charge in [0.2, 0.25) is 33.3 Å². The number of hydrogen-bond donors (Lipinski definition) is 0. The van der Waals surface area contributed by atoms with Crippen LogP contribution >= 0.6 is 21.6 Å². The van der Waals surface area contributed by atoms with Gasteiger partial charge in [0.1, 0.15) is 0 Å². The largest absolute Gasteiger partial charge is 0.416 e. The average Bonchev–Trinajstić information content (AvgIpc) is 2.64. The second-order valence-corrected chi connectivity index (χ2v) is 32.1. The van der Waals surface area contributed by atoms with E-state index in [1.807, 2.05) is 0 Å². The Morgan fingerprint density at radius 2 is 0.625 bits per heavy atom. The maximum Gasteiger partial charge on any atom is 0.202 e. The minimum Gasteiger partial charge on any atom is -0.416 e. The molecule has 0 bridgehead atoms. The Morgan fingerprint density at radius 1 is 0.438 bits per heavy atom. The summed E-state index contributed by atoms with van der Waals surface area (Å²) in [6.45, 7) is 35.5. The standard InChI is InChI=1S/C22H54O4S2Si4/c1-15-21(29(7,8)23-17-3,30(9,10)24-18-4)27-28-22(16-2,31(11,12)25-19-5)32(13,14)26-20-6/h15-20H2,1-14H3. The summed E-state index contributed by atoms with van der Waals surface area (Å²) in [6.07, 6.45) is 2.13. The lowest BCUT2D eigenvalue weighted by Gasteiger charge is -2.55. The van der Waals surface area contributed by atoms with E-state index in [-0.39, 0.29) is 7.99 Å². The van der Waals surface area contributed by atoms with Crippen molar-refractivity contribution in [2.45, 2.75) is 115 Å². The van der Waals surface area contributed by atoms with Gasteiger partial charge in [-0.15, -0.1) is 0 Å². The lowest BCUT2D eigenvalue weighted by molar-refractivity contribution is 0.297. The van der Waals surface area contributed by atoms with Crippen LogP contribution in [0.2, 0.25) is 52.4 Å². The summed E-state index contributed by atoms with van der Waals surface area (Å²) in [4.78, 5) is 0. The molecule has 0 aliphatic rings. The third-order valence-corrected chi connectivity index (χ3v) is 39.8. The molecule has 0 saturated carbocycles. The maximum atomic E-state index is 6.60. The summed E-state index contributed by atoms with van der Waals surface area (Å²) in [5.74, 6) is 0. The fraction of sp³-hybridized carbons (Fsp3) is 1.00. The van der Waals surface area contributed by atoms with Crippen LogP contribution < -0.4 is 0 Å². The Bertz CT molecular complexity index is 476. The first kappa shape index (κ1) is 33.4. The van der Waals surface area contributed by atoms with E-state index >= 15 is 0 Å². The van der Waals surface area contributed by atoms with Crippen molar-refractivity contribution in [1.29, 1.82) is 0 Å². The molecule has 0 fully saturated rings. The van der Waals surface area contributed by atoms with Crippen LogP contribution in [0.1, 0.15) is 54.4 Å². The van der Waals surface area contributed by atoms with Gasteiger partial charge in [0.25, 0.3) is 0 Å². The molecule has 0 unspecified atom stereocenters. The first-order valence-corrected chi connectivity index (χ1v) is 26.3. The molecule has 0 aliphatic carbocycles. The molecule has 10 heteroatoms. The Kier molecular flexibility index (Phi) is 13.7. The molecular weight excluding hydrogens is 505 g/mol. The first-order valence-electron chi connectivity index (χ1n) is 12.5. The van der Waals surface area contributed by atoms with Crippen LogP contribution in [0.15, 0.2) is 0 Å². The lowest BCUT2D eigenvalue weighted by atomic mass is 10.6. The topological polar surface area (TPSA) is 36.9 Å². The molecule has 4 nitrogen and oxygen atoms in total. The first-order chi connectivity index (χ1) is 14.6. The van der Waals surface area contributed by atoms with Crippen molar-refractivity contribution in [3.8, 4) is 0 Å². The van der Waals surface area contributed by atoms with E-state index in [0.29, 0.717) is 0 Å². The highest BCUT2D eigenvalue weighted by Crippen LogP contribution is 2.59. The van der Waals surface area contributed by atoms with Gasteiger partial charge in [-0.2, -0.15) is 0 Å². The summed E-state index contributed by atoms with van der Waals surface area (Å²) < 4.78 is 26.4. The predicted molar refractivity (Wildman–Crippen MR) is 158 cm³/mol. The molecule has 0 N–H and O–H groups in total. The van der Waals surface area contributed by atoms with Gasteiger partial charge in [-0.3, -0.25) is 0 Å². The van der Waals surface area contributed by atoms with Gasteiger partial charge in [0.05, 0.1) is 7.99 Å². The smallest absolute Gasteiger partial charge is 0.202 e. The summed E-state index contributed by atoms with van der Waals surface area (Å²) in [5, 5.41) is 0. The fourth-order valence-corrected chi connectivity index (χ4v) is 40.1. The quantitative estimate of drug-likeness (QED) is 0.134. The molecule has 0 aromatic heterocycles. The minimum absolute atomic E-state index is 0.0183. The predicted octanol–water partition coefficient (Wildman–Crippen LogP) is 7.79. The number of rotatable bonds is 17. The highest BCUT2D eigenvalue weighted by atomic mass is 33.1. The molecule has 0 atom stereocenters. The highest BCUT2D eigenvalue weighted by molar-refractivity contribution is 8.79. The molecule has 0 aromatic carbocycles. The Labute approximate surface area is 213 Å². The second kappa shape index (κ2) is 13.1. The van der Waals surface area contributed by atoms with Gasteiger partial charge in [0.15, 0.2) is 0 Å². The molecule has 0 spiro atoms. The zero-order chi connectivity index (χ0) is 25.5. The van der Waals surface area contributed by atoms with Crippen molar-refractivity contribution in [2.24, 2.45) is 0 Å². The summed E-state index contributed by atoms with van der Waals surface area (Å²) in [5.41, 5.74) is 0. The Morgan fingerprint density at radius 3 is 0.750 bits per heavy atom. The molecule has 0 heterocycles. The van der Waals surface area contributed by atoms with Crippen LogP contribution in [0, 0.1) is 0 Å². The molecule has 0 aliphatic heterocycles. The van der Waals surface area contributed by atoms with Crippen LogP contribution in [0.3, 0.4) is 0 Å². The molecule has 0 saturated heterocycles. The molecule has 0 aromatic rings. The Balaban J connectivity index is 6.75. The van der Waals surface area contributed by atoms with Gasteiger partial charge >= 0.3 is 0 Å². The summed E-state index contributed by atoms with van der Waals surface area (Å²) in [6, 6.07) is 0. The molecule has 194 valence electrons. The van der Waals surface area contributed by atoms with Gasteiger partial charge in [-0.1, -0.05) is 35.4 Å². The monoisotopic (exact) mass is 558 g/mol. The SMILES string of the molecule is CCO[Si](C)(C)C(CC)(SSC(CC)([Si](C)(C)OCC)[Si](C)(C)OCC)[Si](C)(C)OCC. The van der Waals surface area contributed by atoms with Crippen LogP contribution in [0.5, 0.6) is 0 Å². The zero-order valence-electron chi connectivity index (χ0n) is 23.7. The van der Waals surface area contributed by atoms with Gasteiger partial charge in [-0.05, 0) is 92.9 Å². The van der Waals surface area contributed by atoms with Gasteiger partial charge in [-0.25, -0.2) is 0 Å². The van der Waals surface area contributed by atoms with E-state index in [4.69, 9.17) is 17.7 Å². The molecule has 0 rings (SSSR count). The summed E-state index contributed by atoms with van der Waals surface area (Å²) in [7, 11) is -4.18. The van der Waals surface area contributed by atoms with Crippen LogP contribution in [-0.2, 0) is 17.7 Å². The second-order valence-electron chi connectivity index (χ2n) is 10.3. The van der Waals surface area contributed by atoms with E-state index in [0.717, 1.165) is 39.3 Å². The fourth-order valence-electron chi connectivity index (χ4n) is 5.72. The highest BCUT2D eigenvalue weighted by Gasteiger charge is 2.65. The number of hydrogen-bond acceptors (Lipinski definition) is 6. The molecular formula is C22H54O4S2Si4. The van der Waals surface area contributed by atoms with Gasteiger partial charge < -0.3 is 17.7 Å². The minimum atomic E-state index is -2.10. The van der Waals surface area contributed by atoms with E-state index < -0.39 is 33.3 Å². The van der Waals surface area contributed by atoms with Crippen molar-refractivity contribution in [1.82, 2.24) is 0 Å². The van der Waals surface area contributed by atoms with Crippen molar-refractivity contribution in [2.75, 3.05) is 26.4 Å². The van der Waals surface area contributed by atoms with E-state index in [1.54, 1.807) is 0 Å². The van der Waals surface area contributed by atoms with Crippen molar-refractivity contribution >= 4 is 54.9 Å². The molecule has 0 amide bonds. The summed E-state index contributed by atoms with van der Waals surface area (Å²) >= 11 is 0. The van der Waals surface area contributed by atoms with Crippen LogP contribution in [0.4, 0.5) is 0 Å². The van der Waals surface area contributed by atoms with E-state index in [1.165, 1.54) is 0 Å². The maximum absolute atomic E-state index is 6.60. The lowest BCUT2D eigenvalue weighted by Crippen LogP contribution is -2.71. The van der Waals surface area contributed by atoms with Crippen molar-refractivity contribution in [3.05, 3.63) is 0 Å².